The van der Waals surface area contributed by atoms with Gasteiger partial charge in [-0.15, -0.1) is 0 Å². The minimum absolute atomic E-state index is 0.154. The Morgan fingerprint density at radius 3 is 2.44 bits per heavy atom. The number of amides is 1. The highest BCUT2D eigenvalue weighted by molar-refractivity contribution is 6.22. The number of aliphatic imine (C=N–C) groups is 1. The van der Waals surface area contributed by atoms with Crippen molar-refractivity contribution in [2.75, 3.05) is 7.11 Å². The summed E-state index contributed by atoms with van der Waals surface area (Å²) in [6, 6.07) is 5.77. The van der Waals surface area contributed by atoms with E-state index in [0.29, 0.717) is 11.4 Å². The Labute approximate surface area is 107 Å². The molecule has 1 aliphatic rings. The summed E-state index contributed by atoms with van der Waals surface area (Å²) in [5, 5.41) is 1.26. The van der Waals surface area contributed by atoms with Crippen molar-refractivity contribution < 1.29 is 9.63 Å². The lowest BCUT2D eigenvalue weighted by Gasteiger charge is -2.18. The lowest BCUT2D eigenvalue weighted by Crippen LogP contribution is -2.31. The summed E-state index contributed by atoms with van der Waals surface area (Å²) in [6.45, 7) is 7.93. The lowest BCUT2D eigenvalue weighted by atomic mass is 10.1. The molecule has 96 valence electrons. The number of fused-ring (bicyclic) bond motifs is 1. The van der Waals surface area contributed by atoms with Crippen LogP contribution in [0.3, 0.4) is 0 Å². The van der Waals surface area contributed by atoms with Crippen LogP contribution in [0.5, 0.6) is 0 Å². The summed E-state index contributed by atoms with van der Waals surface area (Å²) < 4.78 is 0. The van der Waals surface area contributed by atoms with Gasteiger partial charge in [-0.1, -0.05) is 17.7 Å². The fourth-order valence-corrected chi connectivity index (χ4v) is 1.94. The predicted octanol–water partition coefficient (Wildman–Crippen LogP) is 2.56. The van der Waals surface area contributed by atoms with Gasteiger partial charge < -0.3 is 0 Å². The van der Waals surface area contributed by atoms with E-state index < -0.39 is 0 Å². The van der Waals surface area contributed by atoms with E-state index in [-0.39, 0.29) is 11.4 Å². The van der Waals surface area contributed by atoms with Crippen molar-refractivity contribution >= 4 is 11.7 Å². The standard InChI is InChI=1S/C14H18N2O2/c1-9-6-7-10-11(8-9)13(17)16(18-5)12(10)15-14(2,3)4/h6-8H,1-5H3. The Balaban J connectivity index is 2.61. The van der Waals surface area contributed by atoms with Crippen LogP contribution >= 0.6 is 0 Å². The quantitative estimate of drug-likeness (QED) is 0.764. The number of benzene rings is 1. The summed E-state index contributed by atoms with van der Waals surface area (Å²) in [7, 11) is 1.48. The number of hydrogen-bond donors (Lipinski definition) is 0. The maximum atomic E-state index is 12.2. The number of hydroxylamine groups is 2. The molecular weight excluding hydrogens is 228 g/mol. The normalized spacial score (nSPS) is 17.5. The van der Waals surface area contributed by atoms with E-state index in [0.717, 1.165) is 11.1 Å². The van der Waals surface area contributed by atoms with Crippen LogP contribution in [0.25, 0.3) is 0 Å². The molecule has 0 bridgehead atoms. The monoisotopic (exact) mass is 246 g/mol. The van der Waals surface area contributed by atoms with Crippen molar-refractivity contribution in [3.63, 3.8) is 0 Å². The van der Waals surface area contributed by atoms with E-state index in [9.17, 15) is 4.79 Å². The van der Waals surface area contributed by atoms with Crippen molar-refractivity contribution in [3.05, 3.63) is 34.9 Å². The summed E-state index contributed by atoms with van der Waals surface area (Å²) >= 11 is 0. The maximum absolute atomic E-state index is 12.2. The zero-order chi connectivity index (χ0) is 13.5. The van der Waals surface area contributed by atoms with Crippen LogP contribution in [-0.2, 0) is 4.84 Å². The Morgan fingerprint density at radius 1 is 1.22 bits per heavy atom. The average Bonchev–Trinajstić information content (AvgIpc) is 2.49. The van der Waals surface area contributed by atoms with Gasteiger partial charge in [0.05, 0.1) is 18.2 Å². The molecule has 18 heavy (non-hydrogen) atoms. The molecular formula is C14H18N2O2. The molecule has 0 spiro atoms. The Hall–Kier alpha value is -1.68. The Bertz CT molecular complexity index is 527. The number of hydrogen-bond acceptors (Lipinski definition) is 3. The molecule has 4 nitrogen and oxygen atoms in total. The van der Waals surface area contributed by atoms with Gasteiger partial charge in [-0.2, -0.15) is 5.06 Å². The van der Waals surface area contributed by atoms with Gasteiger partial charge in [-0.3, -0.25) is 14.6 Å². The highest BCUT2D eigenvalue weighted by Crippen LogP contribution is 2.26. The molecule has 1 aromatic carbocycles. The van der Waals surface area contributed by atoms with Crippen LogP contribution in [-0.4, -0.2) is 29.5 Å². The van der Waals surface area contributed by atoms with Gasteiger partial charge in [0.1, 0.15) is 0 Å². The third-order valence-corrected chi connectivity index (χ3v) is 2.65. The lowest BCUT2D eigenvalue weighted by molar-refractivity contribution is -0.0375. The van der Waals surface area contributed by atoms with E-state index in [1.165, 1.54) is 12.2 Å². The third kappa shape index (κ3) is 2.16. The third-order valence-electron chi connectivity index (χ3n) is 2.65. The Morgan fingerprint density at radius 2 is 1.89 bits per heavy atom. The maximum Gasteiger partial charge on any atom is 0.284 e. The van der Waals surface area contributed by atoms with Gasteiger partial charge >= 0.3 is 0 Å². The number of rotatable bonds is 1. The second-order valence-corrected chi connectivity index (χ2v) is 5.44. The van der Waals surface area contributed by atoms with Crippen molar-refractivity contribution in [2.45, 2.75) is 33.2 Å². The molecule has 1 aliphatic heterocycles. The van der Waals surface area contributed by atoms with E-state index in [2.05, 4.69) is 4.99 Å². The highest BCUT2D eigenvalue weighted by Gasteiger charge is 2.35. The van der Waals surface area contributed by atoms with E-state index in [1.807, 2.05) is 45.9 Å². The molecule has 0 saturated carbocycles. The molecule has 0 N–H and O–H groups in total. The predicted molar refractivity (Wildman–Crippen MR) is 70.6 cm³/mol. The van der Waals surface area contributed by atoms with Crippen LogP contribution in [0.2, 0.25) is 0 Å². The fraction of sp³-hybridized carbons (Fsp3) is 0.429. The largest absolute Gasteiger partial charge is 0.284 e. The van der Waals surface area contributed by atoms with Crippen molar-refractivity contribution in [3.8, 4) is 0 Å². The summed E-state index contributed by atoms with van der Waals surface area (Å²) in [5.41, 5.74) is 2.27. The van der Waals surface area contributed by atoms with Crippen LogP contribution < -0.4 is 0 Å². The number of carbonyl (C=O) groups excluding carboxylic acids is 1. The minimum atomic E-state index is -0.265. The second kappa shape index (κ2) is 4.21. The molecule has 0 radical (unpaired) electrons. The molecule has 1 aromatic rings. The van der Waals surface area contributed by atoms with Crippen LogP contribution in [0.1, 0.15) is 42.3 Å². The first-order valence-electron chi connectivity index (χ1n) is 5.93. The molecule has 1 heterocycles. The summed E-state index contributed by atoms with van der Waals surface area (Å²) in [6.07, 6.45) is 0. The van der Waals surface area contributed by atoms with Gasteiger partial charge in [-0.05, 0) is 33.8 Å². The smallest absolute Gasteiger partial charge is 0.268 e. The number of carbonyl (C=O) groups is 1. The van der Waals surface area contributed by atoms with Crippen molar-refractivity contribution in [2.24, 2.45) is 4.99 Å². The first kappa shape index (κ1) is 12.8. The van der Waals surface area contributed by atoms with E-state index in [4.69, 9.17) is 4.84 Å². The number of nitrogens with zero attached hydrogens (tertiary/aromatic N) is 2. The molecule has 0 aliphatic carbocycles. The zero-order valence-corrected chi connectivity index (χ0v) is 11.4. The molecule has 0 aromatic heterocycles. The molecule has 2 rings (SSSR count). The first-order valence-corrected chi connectivity index (χ1v) is 5.93. The average molecular weight is 246 g/mol. The van der Waals surface area contributed by atoms with Crippen LogP contribution in [0.4, 0.5) is 0 Å². The molecule has 0 fully saturated rings. The van der Waals surface area contributed by atoms with Gasteiger partial charge in [0.2, 0.25) is 0 Å². The van der Waals surface area contributed by atoms with E-state index >= 15 is 0 Å². The molecule has 0 saturated heterocycles. The van der Waals surface area contributed by atoms with Gasteiger partial charge in [0, 0.05) is 5.56 Å². The van der Waals surface area contributed by atoms with Crippen molar-refractivity contribution in [1.29, 1.82) is 0 Å². The first-order chi connectivity index (χ1) is 8.33. The number of aryl methyl sites for hydroxylation is 1. The zero-order valence-electron chi connectivity index (χ0n) is 11.4. The Kier molecular flexibility index (Phi) is 2.99. The fourth-order valence-electron chi connectivity index (χ4n) is 1.94. The topological polar surface area (TPSA) is 41.9 Å². The second-order valence-electron chi connectivity index (χ2n) is 5.44. The van der Waals surface area contributed by atoms with Crippen LogP contribution in [0.15, 0.2) is 23.2 Å². The SMILES string of the molecule is CON1C(=O)c2cc(C)ccc2C1=NC(C)(C)C. The molecule has 0 atom stereocenters. The summed E-state index contributed by atoms with van der Waals surface area (Å²) in [4.78, 5) is 21.9. The molecule has 4 heteroatoms. The van der Waals surface area contributed by atoms with Crippen molar-refractivity contribution in [1.82, 2.24) is 5.06 Å². The molecule has 1 amide bonds. The number of amidine groups is 1. The highest BCUT2D eigenvalue weighted by atomic mass is 16.7. The minimum Gasteiger partial charge on any atom is -0.268 e. The molecule has 0 unspecified atom stereocenters. The van der Waals surface area contributed by atoms with Crippen LogP contribution in [0, 0.1) is 6.92 Å². The van der Waals surface area contributed by atoms with Gasteiger partial charge in [0.25, 0.3) is 5.91 Å². The van der Waals surface area contributed by atoms with Gasteiger partial charge in [-0.25, -0.2) is 0 Å². The van der Waals surface area contributed by atoms with E-state index in [1.54, 1.807) is 0 Å². The summed E-state index contributed by atoms with van der Waals surface area (Å²) in [5.74, 6) is 0.434. The van der Waals surface area contributed by atoms with Gasteiger partial charge in [0.15, 0.2) is 5.84 Å².